The van der Waals surface area contributed by atoms with Gasteiger partial charge in [-0.15, -0.1) is 0 Å². The molecule has 15 heavy (non-hydrogen) atoms. The average Bonchev–Trinajstić information content (AvgIpc) is 2.15. The maximum absolute atomic E-state index is 11.1. The number of aliphatic carboxylic acids is 1. The van der Waals surface area contributed by atoms with E-state index in [9.17, 15) is 13.2 Å². The SMILES string of the molecule is CCC(CN1CCS(=O)(=O)CC1)C(=O)O. The van der Waals surface area contributed by atoms with Crippen molar-refractivity contribution >= 4 is 15.8 Å². The number of sulfone groups is 1. The summed E-state index contributed by atoms with van der Waals surface area (Å²) in [6.07, 6.45) is 0.582. The summed E-state index contributed by atoms with van der Waals surface area (Å²) < 4.78 is 22.3. The first kappa shape index (κ1) is 12.4. The van der Waals surface area contributed by atoms with E-state index >= 15 is 0 Å². The van der Waals surface area contributed by atoms with E-state index in [0.29, 0.717) is 26.1 Å². The fourth-order valence-corrected chi connectivity index (χ4v) is 2.90. The topological polar surface area (TPSA) is 74.7 Å². The molecule has 1 aliphatic rings. The highest BCUT2D eigenvalue weighted by Gasteiger charge is 2.25. The lowest BCUT2D eigenvalue weighted by Crippen LogP contribution is -2.43. The first-order chi connectivity index (χ1) is 6.94. The van der Waals surface area contributed by atoms with Crippen LogP contribution in [0, 0.1) is 5.92 Å². The minimum atomic E-state index is -2.87. The molecule has 1 rings (SSSR count). The zero-order valence-electron chi connectivity index (χ0n) is 8.85. The number of carbonyl (C=O) groups is 1. The van der Waals surface area contributed by atoms with Gasteiger partial charge in [-0.2, -0.15) is 0 Å². The molecule has 0 saturated carbocycles. The molecular weight excluding hydrogens is 218 g/mol. The predicted molar refractivity (Wildman–Crippen MR) is 56.5 cm³/mol. The number of hydrogen-bond donors (Lipinski definition) is 1. The molecule has 5 nitrogen and oxygen atoms in total. The quantitative estimate of drug-likeness (QED) is 0.732. The van der Waals surface area contributed by atoms with Crippen LogP contribution >= 0.6 is 0 Å². The van der Waals surface area contributed by atoms with E-state index in [1.54, 1.807) is 0 Å². The third kappa shape index (κ3) is 3.79. The maximum atomic E-state index is 11.1. The van der Waals surface area contributed by atoms with Crippen molar-refractivity contribution in [3.05, 3.63) is 0 Å². The highest BCUT2D eigenvalue weighted by molar-refractivity contribution is 7.91. The van der Waals surface area contributed by atoms with E-state index < -0.39 is 15.8 Å². The van der Waals surface area contributed by atoms with Crippen LogP contribution in [-0.4, -0.2) is 55.5 Å². The van der Waals surface area contributed by atoms with E-state index in [0.717, 1.165) is 0 Å². The second-order valence-electron chi connectivity index (χ2n) is 3.90. The van der Waals surface area contributed by atoms with Crippen LogP contribution in [0.15, 0.2) is 0 Å². The molecule has 0 aromatic heterocycles. The Balaban J connectivity index is 2.44. The van der Waals surface area contributed by atoms with Gasteiger partial charge in [-0.05, 0) is 6.42 Å². The van der Waals surface area contributed by atoms with Crippen molar-refractivity contribution in [1.82, 2.24) is 4.90 Å². The Labute approximate surface area is 90.0 Å². The molecule has 6 heteroatoms. The maximum Gasteiger partial charge on any atom is 0.307 e. The van der Waals surface area contributed by atoms with Crippen LogP contribution in [0.3, 0.4) is 0 Å². The Morgan fingerprint density at radius 2 is 1.93 bits per heavy atom. The van der Waals surface area contributed by atoms with Gasteiger partial charge in [0.15, 0.2) is 9.84 Å². The van der Waals surface area contributed by atoms with Crippen molar-refractivity contribution in [3.8, 4) is 0 Å². The van der Waals surface area contributed by atoms with Crippen molar-refractivity contribution < 1.29 is 18.3 Å². The van der Waals surface area contributed by atoms with Crippen molar-refractivity contribution in [2.45, 2.75) is 13.3 Å². The predicted octanol–water partition coefficient (Wildman–Crippen LogP) is -0.172. The smallest absolute Gasteiger partial charge is 0.307 e. The van der Waals surface area contributed by atoms with Gasteiger partial charge in [0.2, 0.25) is 0 Å². The third-order valence-electron chi connectivity index (χ3n) is 2.76. The van der Waals surface area contributed by atoms with Gasteiger partial charge in [0.25, 0.3) is 0 Å². The van der Waals surface area contributed by atoms with E-state index in [4.69, 9.17) is 5.11 Å². The number of hydrogen-bond acceptors (Lipinski definition) is 4. The van der Waals surface area contributed by atoms with Crippen LogP contribution in [-0.2, 0) is 14.6 Å². The Hall–Kier alpha value is -0.620. The molecule has 1 aliphatic heterocycles. The summed E-state index contributed by atoms with van der Waals surface area (Å²) in [5.41, 5.74) is 0. The fraction of sp³-hybridized carbons (Fsp3) is 0.889. The summed E-state index contributed by atoms with van der Waals surface area (Å²) in [6, 6.07) is 0. The summed E-state index contributed by atoms with van der Waals surface area (Å²) in [6.45, 7) is 3.22. The number of rotatable bonds is 4. The fourth-order valence-electron chi connectivity index (χ4n) is 1.63. The van der Waals surface area contributed by atoms with E-state index in [2.05, 4.69) is 0 Å². The third-order valence-corrected chi connectivity index (χ3v) is 4.37. The van der Waals surface area contributed by atoms with Gasteiger partial charge in [0.05, 0.1) is 17.4 Å². The number of carboxylic acid groups (broad SMARTS) is 1. The van der Waals surface area contributed by atoms with Gasteiger partial charge in [-0.25, -0.2) is 8.42 Å². The zero-order chi connectivity index (χ0) is 11.5. The molecule has 0 spiro atoms. The summed E-state index contributed by atoms with van der Waals surface area (Å²) >= 11 is 0. The van der Waals surface area contributed by atoms with Gasteiger partial charge >= 0.3 is 5.97 Å². The Kier molecular flexibility index (Phi) is 4.10. The van der Waals surface area contributed by atoms with Crippen molar-refractivity contribution in [3.63, 3.8) is 0 Å². The van der Waals surface area contributed by atoms with E-state index in [-0.39, 0.29) is 17.4 Å². The molecule has 0 bridgehead atoms. The monoisotopic (exact) mass is 235 g/mol. The highest BCUT2D eigenvalue weighted by Crippen LogP contribution is 2.10. The summed E-state index contributed by atoms with van der Waals surface area (Å²) in [5, 5.41) is 8.86. The second-order valence-corrected chi connectivity index (χ2v) is 6.20. The van der Waals surface area contributed by atoms with E-state index in [1.165, 1.54) is 0 Å². The summed E-state index contributed by atoms with van der Waals surface area (Å²) in [7, 11) is -2.87. The molecule has 88 valence electrons. The second kappa shape index (κ2) is 4.94. The summed E-state index contributed by atoms with van der Waals surface area (Å²) in [5.74, 6) is -0.872. The molecule has 0 amide bonds. The molecule has 1 unspecified atom stereocenters. The zero-order valence-corrected chi connectivity index (χ0v) is 9.66. The van der Waals surface area contributed by atoms with Gasteiger partial charge in [-0.1, -0.05) is 6.92 Å². The van der Waals surface area contributed by atoms with Gasteiger partial charge in [0, 0.05) is 19.6 Å². The largest absolute Gasteiger partial charge is 0.481 e. The first-order valence-corrected chi connectivity index (χ1v) is 6.92. The Morgan fingerprint density at radius 1 is 1.40 bits per heavy atom. The normalized spacial score (nSPS) is 23.5. The molecule has 1 heterocycles. The van der Waals surface area contributed by atoms with Crippen LogP contribution < -0.4 is 0 Å². The molecule has 1 atom stereocenters. The minimum absolute atomic E-state index is 0.156. The Bertz CT molecular complexity index is 311. The standard InChI is InChI=1S/C9H17NO4S/c1-2-8(9(11)12)7-10-3-5-15(13,14)6-4-10/h8H,2-7H2,1H3,(H,11,12). The molecule has 1 fully saturated rings. The van der Waals surface area contributed by atoms with Crippen molar-refractivity contribution in [2.24, 2.45) is 5.92 Å². The van der Waals surface area contributed by atoms with Crippen LogP contribution in [0.4, 0.5) is 0 Å². The van der Waals surface area contributed by atoms with Gasteiger partial charge < -0.3 is 10.0 Å². The van der Waals surface area contributed by atoms with E-state index in [1.807, 2.05) is 11.8 Å². The van der Waals surface area contributed by atoms with Crippen LogP contribution in [0.1, 0.15) is 13.3 Å². The Morgan fingerprint density at radius 3 is 2.33 bits per heavy atom. The first-order valence-electron chi connectivity index (χ1n) is 5.10. The highest BCUT2D eigenvalue weighted by atomic mass is 32.2. The lowest BCUT2D eigenvalue weighted by molar-refractivity contribution is -0.142. The number of carboxylic acids is 1. The summed E-state index contributed by atoms with van der Waals surface area (Å²) in [4.78, 5) is 12.7. The van der Waals surface area contributed by atoms with Crippen molar-refractivity contribution in [1.29, 1.82) is 0 Å². The van der Waals surface area contributed by atoms with Crippen LogP contribution in [0.2, 0.25) is 0 Å². The van der Waals surface area contributed by atoms with Gasteiger partial charge in [0.1, 0.15) is 0 Å². The number of nitrogens with zero attached hydrogens (tertiary/aromatic N) is 1. The molecule has 0 aromatic rings. The lowest BCUT2D eigenvalue weighted by atomic mass is 10.1. The molecule has 0 aromatic carbocycles. The molecule has 0 aliphatic carbocycles. The lowest BCUT2D eigenvalue weighted by Gasteiger charge is -2.28. The van der Waals surface area contributed by atoms with Gasteiger partial charge in [-0.3, -0.25) is 4.79 Å². The molecule has 0 radical (unpaired) electrons. The van der Waals surface area contributed by atoms with Crippen LogP contribution in [0.25, 0.3) is 0 Å². The molecule has 1 saturated heterocycles. The average molecular weight is 235 g/mol. The molecular formula is C9H17NO4S. The van der Waals surface area contributed by atoms with Crippen LogP contribution in [0.5, 0.6) is 0 Å². The molecule has 1 N–H and O–H groups in total. The minimum Gasteiger partial charge on any atom is -0.481 e. The van der Waals surface area contributed by atoms with Crippen molar-refractivity contribution in [2.75, 3.05) is 31.1 Å².